The van der Waals surface area contributed by atoms with Crippen LogP contribution >= 0.6 is 0 Å². The van der Waals surface area contributed by atoms with E-state index in [0.717, 1.165) is 0 Å². The smallest absolute Gasteiger partial charge is 0.274 e. The molecule has 0 radical (unpaired) electrons. The fourth-order valence-electron chi connectivity index (χ4n) is 0.685. The number of hydroxylamine groups is 1. The summed E-state index contributed by atoms with van der Waals surface area (Å²) in [5.41, 5.74) is 2.60. The zero-order valence-electron chi connectivity index (χ0n) is 6.94. The quantitative estimate of drug-likeness (QED) is 0.621. The van der Waals surface area contributed by atoms with Gasteiger partial charge < -0.3 is 0 Å². The molecule has 6 nitrogen and oxygen atoms in total. The zero-order valence-corrected chi connectivity index (χ0v) is 6.94. The Morgan fingerprint density at radius 1 is 1.83 bits per heavy atom. The normalized spacial score (nSPS) is 9.83. The van der Waals surface area contributed by atoms with Gasteiger partial charge in [-0.15, -0.1) is 5.10 Å². The summed E-state index contributed by atoms with van der Waals surface area (Å²) in [5.74, 6) is -0.343. The van der Waals surface area contributed by atoms with Crippen molar-refractivity contribution in [1.29, 1.82) is 0 Å². The summed E-state index contributed by atoms with van der Waals surface area (Å²) in [6, 6.07) is 0. The summed E-state index contributed by atoms with van der Waals surface area (Å²) in [6.45, 7) is 2.21. The third-order valence-corrected chi connectivity index (χ3v) is 1.26. The average molecular weight is 170 g/mol. The maximum absolute atomic E-state index is 11.1. The van der Waals surface area contributed by atoms with E-state index in [1.807, 2.05) is 0 Å². The molecule has 0 aliphatic carbocycles. The van der Waals surface area contributed by atoms with Crippen molar-refractivity contribution >= 4 is 5.91 Å². The van der Waals surface area contributed by atoms with Crippen molar-refractivity contribution < 1.29 is 9.63 Å². The van der Waals surface area contributed by atoms with Crippen LogP contribution in [0.25, 0.3) is 0 Å². The molecule has 1 aromatic heterocycles. The molecule has 0 aromatic carbocycles. The van der Waals surface area contributed by atoms with E-state index >= 15 is 0 Å². The Hall–Kier alpha value is -1.43. The van der Waals surface area contributed by atoms with E-state index in [2.05, 4.69) is 15.8 Å². The summed E-state index contributed by atoms with van der Waals surface area (Å²) < 4.78 is 1.37. The van der Waals surface area contributed by atoms with Gasteiger partial charge in [0.2, 0.25) is 0 Å². The van der Waals surface area contributed by atoms with Crippen LogP contribution in [0.5, 0.6) is 0 Å². The number of carbonyl (C=O) groups is 1. The van der Waals surface area contributed by atoms with E-state index in [1.54, 1.807) is 14.0 Å². The molecule has 0 aliphatic heterocycles. The Morgan fingerprint density at radius 2 is 2.58 bits per heavy atom. The van der Waals surface area contributed by atoms with Gasteiger partial charge in [-0.2, -0.15) is 0 Å². The molecule has 0 unspecified atom stereocenters. The van der Waals surface area contributed by atoms with E-state index in [4.69, 9.17) is 4.84 Å². The van der Waals surface area contributed by atoms with Gasteiger partial charge in [-0.3, -0.25) is 9.63 Å². The van der Waals surface area contributed by atoms with Gasteiger partial charge in [0, 0.05) is 7.05 Å². The number of rotatable bonds is 3. The third-order valence-electron chi connectivity index (χ3n) is 1.26. The minimum atomic E-state index is -0.343. The van der Waals surface area contributed by atoms with Gasteiger partial charge in [-0.05, 0) is 6.92 Å². The first kappa shape index (κ1) is 8.66. The molecule has 66 valence electrons. The number of nitrogens with one attached hydrogen (secondary N) is 1. The molecular weight excluding hydrogens is 160 g/mol. The molecular formula is C6H10N4O2. The van der Waals surface area contributed by atoms with Gasteiger partial charge in [0.05, 0.1) is 12.8 Å². The maximum atomic E-state index is 11.1. The third kappa shape index (κ3) is 1.79. The summed E-state index contributed by atoms with van der Waals surface area (Å²) in [6.07, 6.45) is 1.37. The monoisotopic (exact) mass is 170 g/mol. The summed E-state index contributed by atoms with van der Waals surface area (Å²) >= 11 is 0. The van der Waals surface area contributed by atoms with E-state index in [0.29, 0.717) is 12.3 Å². The Bertz CT molecular complexity index is 270. The molecule has 1 heterocycles. The van der Waals surface area contributed by atoms with Crippen molar-refractivity contribution in [2.75, 3.05) is 6.61 Å². The molecule has 0 atom stereocenters. The van der Waals surface area contributed by atoms with Crippen LogP contribution in [0.15, 0.2) is 6.20 Å². The van der Waals surface area contributed by atoms with E-state index in [-0.39, 0.29) is 5.91 Å². The summed E-state index contributed by atoms with van der Waals surface area (Å²) in [5, 5.41) is 7.14. The van der Waals surface area contributed by atoms with Crippen molar-refractivity contribution in [3.8, 4) is 0 Å². The lowest BCUT2D eigenvalue weighted by atomic mass is 10.4. The average Bonchev–Trinajstić information content (AvgIpc) is 2.47. The predicted molar refractivity (Wildman–Crippen MR) is 40.1 cm³/mol. The molecule has 1 aromatic rings. The number of amides is 1. The van der Waals surface area contributed by atoms with Crippen LogP contribution in [0, 0.1) is 0 Å². The van der Waals surface area contributed by atoms with E-state index in [1.165, 1.54) is 10.9 Å². The zero-order chi connectivity index (χ0) is 8.97. The molecule has 0 saturated heterocycles. The predicted octanol–water partition coefficient (Wildman–Crippen LogP) is -0.504. The first-order chi connectivity index (χ1) is 5.75. The van der Waals surface area contributed by atoms with Crippen LogP contribution in [0.1, 0.15) is 17.4 Å². The minimum Gasteiger partial charge on any atom is -0.274 e. The van der Waals surface area contributed by atoms with Gasteiger partial charge in [0.15, 0.2) is 0 Å². The van der Waals surface area contributed by atoms with Gasteiger partial charge in [0.25, 0.3) is 5.91 Å². The molecule has 0 spiro atoms. The van der Waals surface area contributed by atoms with Crippen molar-refractivity contribution in [3.63, 3.8) is 0 Å². The van der Waals surface area contributed by atoms with Crippen LogP contribution in [0.4, 0.5) is 0 Å². The Morgan fingerprint density at radius 3 is 3.08 bits per heavy atom. The van der Waals surface area contributed by atoms with Crippen molar-refractivity contribution in [1.82, 2.24) is 20.5 Å². The molecule has 0 fully saturated rings. The summed E-state index contributed by atoms with van der Waals surface area (Å²) in [7, 11) is 1.63. The molecule has 0 aliphatic rings. The first-order valence-electron chi connectivity index (χ1n) is 3.52. The second-order valence-corrected chi connectivity index (χ2v) is 2.11. The molecule has 1 amide bonds. The van der Waals surface area contributed by atoms with Crippen molar-refractivity contribution in [2.24, 2.45) is 7.05 Å². The fourth-order valence-corrected chi connectivity index (χ4v) is 0.685. The number of hydrogen-bond donors (Lipinski definition) is 1. The van der Waals surface area contributed by atoms with Crippen molar-refractivity contribution in [2.45, 2.75) is 6.92 Å². The van der Waals surface area contributed by atoms with Gasteiger partial charge in [-0.25, -0.2) is 10.2 Å². The van der Waals surface area contributed by atoms with Crippen LogP contribution in [0.2, 0.25) is 0 Å². The van der Waals surface area contributed by atoms with Crippen LogP contribution < -0.4 is 5.48 Å². The number of aryl methyl sites for hydroxylation is 1. The van der Waals surface area contributed by atoms with Crippen LogP contribution in [-0.2, 0) is 11.9 Å². The van der Waals surface area contributed by atoms with Crippen molar-refractivity contribution in [3.05, 3.63) is 11.9 Å². The number of aromatic nitrogens is 3. The van der Waals surface area contributed by atoms with E-state index < -0.39 is 0 Å². The lowest BCUT2D eigenvalue weighted by molar-refractivity contribution is 0.0356. The van der Waals surface area contributed by atoms with Crippen LogP contribution in [-0.4, -0.2) is 27.5 Å². The Balaban J connectivity index is 2.59. The molecule has 1 N–H and O–H groups in total. The van der Waals surface area contributed by atoms with Gasteiger partial charge >= 0.3 is 0 Å². The standard InChI is InChI=1S/C6H10N4O2/c1-3-12-8-6(11)5-4-7-9-10(5)2/h4H,3H2,1-2H3,(H,8,11). The highest BCUT2D eigenvalue weighted by atomic mass is 16.6. The second kappa shape index (κ2) is 3.82. The molecule has 1 rings (SSSR count). The number of hydrogen-bond acceptors (Lipinski definition) is 4. The molecule has 12 heavy (non-hydrogen) atoms. The number of nitrogens with zero attached hydrogens (tertiary/aromatic N) is 3. The number of carbonyl (C=O) groups excluding carboxylic acids is 1. The van der Waals surface area contributed by atoms with Gasteiger partial charge in [0.1, 0.15) is 5.69 Å². The van der Waals surface area contributed by atoms with Crippen LogP contribution in [0.3, 0.4) is 0 Å². The lowest BCUT2D eigenvalue weighted by Gasteiger charge is -2.01. The van der Waals surface area contributed by atoms with E-state index in [9.17, 15) is 4.79 Å². The highest BCUT2D eigenvalue weighted by molar-refractivity contribution is 5.91. The Kier molecular flexibility index (Phi) is 2.76. The SMILES string of the molecule is CCONC(=O)c1cnnn1C. The minimum absolute atomic E-state index is 0.343. The highest BCUT2D eigenvalue weighted by Gasteiger charge is 2.09. The fraction of sp³-hybridized carbons (Fsp3) is 0.500. The molecule has 6 heteroatoms. The first-order valence-corrected chi connectivity index (χ1v) is 3.52. The van der Waals surface area contributed by atoms with Gasteiger partial charge in [-0.1, -0.05) is 5.21 Å². The molecule has 0 bridgehead atoms. The lowest BCUT2D eigenvalue weighted by Crippen LogP contribution is -2.25. The Labute approximate surface area is 69.5 Å². The summed E-state index contributed by atoms with van der Waals surface area (Å²) in [4.78, 5) is 15.9. The molecule has 0 saturated carbocycles. The topological polar surface area (TPSA) is 69.0 Å². The maximum Gasteiger partial charge on any atom is 0.294 e. The highest BCUT2D eigenvalue weighted by Crippen LogP contribution is 1.91. The largest absolute Gasteiger partial charge is 0.294 e. The second-order valence-electron chi connectivity index (χ2n) is 2.11.